The van der Waals surface area contributed by atoms with Crippen LogP contribution in [0.4, 0.5) is 0 Å². The number of carbonyl (C=O) groups is 3. The van der Waals surface area contributed by atoms with Crippen molar-refractivity contribution in [2.75, 3.05) is 13.7 Å². The van der Waals surface area contributed by atoms with Crippen LogP contribution in [0.2, 0.25) is 0 Å². The number of unbranched alkanes of at least 4 members (excludes halogenated alkanes) is 7. The van der Waals surface area contributed by atoms with Crippen molar-refractivity contribution in [1.82, 2.24) is 20.2 Å². The molecular formula is C34H53N5O12. The van der Waals surface area contributed by atoms with Crippen LogP contribution in [-0.2, 0) is 38.1 Å². The van der Waals surface area contributed by atoms with Crippen molar-refractivity contribution < 1.29 is 48.3 Å². The average molecular weight is 724 g/mol. The predicted molar refractivity (Wildman–Crippen MR) is 181 cm³/mol. The number of rotatable bonds is 18. The summed E-state index contributed by atoms with van der Waals surface area (Å²) in [4.78, 5) is 65.5. The van der Waals surface area contributed by atoms with Crippen molar-refractivity contribution in [1.29, 1.82) is 0 Å². The highest BCUT2D eigenvalue weighted by molar-refractivity contribution is 5.95. The van der Waals surface area contributed by atoms with Crippen molar-refractivity contribution in [2.45, 2.75) is 146 Å². The second kappa shape index (κ2) is 19.3. The molecule has 17 nitrogen and oxygen atoms in total. The van der Waals surface area contributed by atoms with E-state index in [2.05, 4.69) is 22.5 Å². The Balaban J connectivity index is 1.49. The first-order valence-electron chi connectivity index (χ1n) is 17.9. The highest BCUT2D eigenvalue weighted by Gasteiger charge is 2.53. The van der Waals surface area contributed by atoms with Gasteiger partial charge in [0, 0.05) is 32.0 Å². The fourth-order valence-corrected chi connectivity index (χ4v) is 6.54. The minimum atomic E-state index is -1.81. The van der Waals surface area contributed by atoms with Gasteiger partial charge < -0.3 is 50.3 Å². The number of carbonyl (C=O) groups excluding carboxylic acids is 3. The fraction of sp³-hybridized carbons (Fsp3) is 0.735. The third-order valence-corrected chi connectivity index (χ3v) is 9.35. The van der Waals surface area contributed by atoms with E-state index in [0.717, 1.165) is 42.4 Å². The average Bonchev–Trinajstić information content (AvgIpc) is 3.35. The van der Waals surface area contributed by atoms with Gasteiger partial charge in [-0.1, -0.05) is 51.9 Å². The second-order valence-corrected chi connectivity index (χ2v) is 13.3. The monoisotopic (exact) mass is 723 g/mol. The van der Waals surface area contributed by atoms with Crippen molar-refractivity contribution in [3.05, 3.63) is 44.9 Å². The van der Waals surface area contributed by atoms with E-state index in [1.54, 1.807) is 0 Å². The zero-order valence-electron chi connectivity index (χ0n) is 29.5. The van der Waals surface area contributed by atoms with Gasteiger partial charge in [-0.3, -0.25) is 28.7 Å². The van der Waals surface area contributed by atoms with E-state index in [1.807, 2.05) is 6.92 Å². The number of aromatic amines is 1. The van der Waals surface area contributed by atoms with Gasteiger partial charge in [0.2, 0.25) is 18.1 Å². The lowest BCUT2D eigenvalue weighted by Crippen LogP contribution is -2.54. The highest BCUT2D eigenvalue weighted by Crippen LogP contribution is 2.36. The third kappa shape index (κ3) is 10.7. The van der Waals surface area contributed by atoms with Crippen LogP contribution in [-0.4, -0.2) is 106 Å². The molecule has 2 saturated heterocycles. The normalized spacial score (nSPS) is 30.1. The van der Waals surface area contributed by atoms with Crippen LogP contribution in [0.25, 0.3) is 0 Å². The Bertz CT molecular complexity index is 1470. The molecule has 4 heterocycles. The lowest BCUT2D eigenvalue weighted by atomic mass is 10.0. The molecular weight excluding hydrogens is 670 g/mol. The van der Waals surface area contributed by atoms with E-state index >= 15 is 0 Å². The first kappa shape index (κ1) is 40.2. The van der Waals surface area contributed by atoms with Gasteiger partial charge in [0.1, 0.15) is 36.6 Å². The number of nitrogens with one attached hydrogen (secondary N) is 3. The molecule has 0 spiro atoms. The van der Waals surface area contributed by atoms with Gasteiger partial charge >= 0.3 is 5.69 Å². The largest absolute Gasteiger partial charge is 0.456 e. The molecule has 0 aliphatic carbocycles. The molecule has 2 fully saturated rings. The topological polar surface area (TPSA) is 243 Å². The van der Waals surface area contributed by atoms with Crippen molar-refractivity contribution >= 4 is 17.7 Å². The van der Waals surface area contributed by atoms with Crippen molar-refractivity contribution in [2.24, 2.45) is 5.73 Å². The number of ether oxygens (including phenoxy) is 5. The summed E-state index contributed by atoms with van der Waals surface area (Å²) < 4.78 is 30.7. The Kier molecular flexibility index (Phi) is 15.2. The van der Waals surface area contributed by atoms with E-state index in [-0.39, 0.29) is 18.6 Å². The van der Waals surface area contributed by atoms with Gasteiger partial charge in [0.15, 0.2) is 18.1 Å². The number of H-pyrrole nitrogens is 1. The lowest BCUT2D eigenvalue weighted by Gasteiger charge is -2.35. The van der Waals surface area contributed by atoms with E-state index in [9.17, 15) is 34.2 Å². The van der Waals surface area contributed by atoms with E-state index < -0.39 is 84.0 Å². The van der Waals surface area contributed by atoms with E-state index in [4.69, 9.17) is 29.4 Å². The van der Waals surface area contributed by atoms with Gasteiger partial charge in [-0.05, 0) is 38.7 Å². The van der Waals surface area contributed by atoms with Gasteiger partial charge in [0.05, 0.1) is 0 Å². The zero-order chi connectivity index (χ0) is 37.1. The predicted octanol–water partition coefficient (Wildman–Crippen LogP) is -0.0192. The Labute approximate surface area is 296 Å². The molecule has 0 aromatic carbocycles. The summed E-state index contributed by atoms with van der Waals surface area (Å²) in [6.45, 7) is 4.30. The Morgan fingerprint density at radius 1 is 1.08 bits per heavy atom. The molecule has 17 heteroatoms. The summed E-state index contributed by atoms with van der Waals surface area (Å²) in [5.74, 6) is -2.75. The van der Waals surface area contributed by atoms with Gasteiger partial charge in [-0.2, -0.15) is 0 Å². The van der Waals surface area contributed by atoms with Crippen LogP contribution in [0.15, 0.2) is 33.7 Å². The lowest BCUT2D eigenvalue weighted by molar-refractivity contribution is -0.241. The summed E-state index contributed by atoms with van der Waals surface area (Å²) >= 11 is 0. The maximum Gasteiger partial charge on any atom is 0.330 e. The number of aromatic nitrogens is 2. The van der Waals surface area contributed by atoms with Crippen LogP contribution in [0.1, 0.15) is 90.7 Å². The molecule has 3 aliphatic heterocycles. The summed E-state index contributed by atoms with van der Waals surface area (Å²) in [5, 5.41) is 26.8. The zero-order valence-corrected chi connectivity index (χ0v) is 29.5. The fourth-order valence-electron chi connectivity index (χ4n) is 6.54. The first-order valence-corrected chi connectivity index (χ1v) is 17.9. The van der Waals surface area contributed by atoms with Crippen molar-refractivity contribution in [3.63, 3.8) is 0 Å². The minimum Gasteiger partial charge on any atom is -0.456 e. The van der Waals surface area contributed by atoms with Crippen LogP contribution in [0, 0.1) is 0 Å². The molecule has 0 unspecified atom stereocenters. The molecule has 51 heavy (non-hydrogen) atoms. The smallest absolute Gasteiger partial charge is 0.330 e. The molecule has 4 rings (SSSR count). The van der Waals surface area contributed by atoms with Gasteiger partial charge in [-0.25, -0.2) is 4.79 Å². The van der Waals surface area contributed by atoms with Crippen molar-refractivity contribution in [3.8, 4) is 0 Å². The van der Waals surface area contributed by atoms with Crippen LogP contribution >= 0.6 is 0 Å². The summed E-state index contributed by atoms with van der Waals surface area (Å²) in [5.41, 5.74) is 4.34. The number of nitrogens with two attached hydrogens (primary N) is 1. The maximum atomic E-state index is 13.2. The quantitative estimate of drug-likeness (QED) is 0.110. The van der Waals surface area contributed by atoms with Gasteiger partial charge in [0.25, 0.3) is 11.5 Å². The molecule has 0 radical (unpaired) electrons. The molecule has 1 aromatic rings. The number of aliphatic hydroxyl groups is 2. The number of hydrogen-bond acceptors (Lipinski definition) is 12. The molecule has 0 saturated carbocycles. The second-order valence-electron chi connectivity index (χ2n) is 13.3. The van der Waals surface area contributed by atoms with Crippen LogP contribution in [0.3, 0.4) is 0 Å². The molecule has 286 valence electrons. The first-order chi connectivity index (χ1) is 24.4. The Morgan fingerprint density at radius 2 is 1.78 bits per heavy atom. The van der Waals surface area contributed by atoms with Gasteiger partial charge in [-0.15, -0.1) is 0 Å². The number of hydrogen-bond donors (Lipinski definition) is 6. The molecule has 7 N–H and O–H groups in total. The Hall–Kier alpha value is -3.61. The summed E-state index contributed by atoms with van der Waals surface area (Å²) in [6, 6.07) is 0.207. The number of aliphatic hydroxyl groups excluding tert-OH is 2. The van der Waals surface area contributed by atoms with Crippen LogP contribution in [0.5, 0.6) is 0 Å². The van der Waals surface area contributed by atoms with E-state index in [0.29, 0.717) is 19.3 Å². The molecule has 3 amide bonds. The van der Waals surface area contributed by atoms with Crippen LogP contribution < -0.4 is 27.6 Å². The number of amides is 3. The number of primary amides is 1. The third-order valence-electron chi connectivity index (χ3n) is 9.35. The minimum absolute atomic E-state index is 0.0590. The highest BCUT2D eigenvalue weighted by atomic mass is 16.7. The molecule has 1 aromatic heterocycles. The Morgan fingerprint density at radius 3 is 2.45 bits per heavy atom. The SMILES string of the molecule is CCCCCCCCCCO[C@@H]1[C@H](OC)[C@@H]([C@@H](O[C@H]2OC(C(=O)N[C@H]3CCC[C@@H](C)NC3=O)=C[C@H](O)[C@@H]2O)C(N)=O)O[C@H]1n1ccc(=O)[nH]c1=O. The maximum absolute atomic E-state index is 13.2. The summed E-state index contributed by atoms with van der Waals surface area (Å²) in [7, 11) is 1.34. The van der Waals surface area contributed by atoms with E-state index in [1.165, 1.54) is 39.0 Å². The number of nitrogens with zero attached hydrogens (tertiary/aromatic N) is 1. The number of methoxy groups -OCH3 is 1. The summed E-state index contributed by atoms with van der Waals surface area (Å²) in [6.07, 6.45) is 0.890. The molecule has 0 bridgehead atoms. The molecule has 3 aliphatic rings. The standard InChI is InChI=1S/C34H53N5O12/c1-4-5-6-7-8-9-10-11-17-48-28-25(47-3)26(50-32(28)39-16-15-23(41)38-34(39)46)27(29(35)43)51-33-24(42)21(40)18-22(49-33)31(45)37-20-14-12-13-19(2)36-30(20)44/h15-16,18-21,24-28,32-33,40,42H,4-14,17H2,1-3H3,(H2,35,43)(H,36,44)(H,37,45)(H,38,41,46)/t19-,20+,21+,24+,25-,26+,27-,28-,32-,33-/m1/s1. The molecule has 10 atom stereocenters.